The van der Waals surface area contributed by atoms with Crippen molar-refractivity contribution in [3.63, 3.8) is 0 Å². The van der Waals surface area contributed by atoms with Gasteiger partial charge in [0.25, 0.3) is 0 Å². The van der Waals surface area contributed by atoms with Crippen molar-refractivity contribution in [2.75, 3.05) is 0 Å². The molecular weight excluding hydrogens is 327 g/mol. The first-order valence-corrected chi connectivity index (χ1v) is 6.78. The quantitative estimate of drug-likeness (QED) is 0.854. The molecule has 3 rings (SSSR count). The van der Waals surface area contributed by atoms with Crippen molar-refractivity contribution in [2.45, 2.75) is 12.1 Å². The van der Waals surface area contributed by atoms with Gasteiger partial charge in [0.1, 0.15) is 16.5 Å². The molecule has 2 heterocycles. The molecule has 102 valence electrons. The monoisotopic (exact) mass is 336 g/mol. The van der Waals surface area contributed by atoms with E-state index < -0.39 is 18.2 Å². The Morgan fingerprint density at radius 3 is 2.65 bits per heavy atom. The fourth-order valence-corrected chi connectivity index (χ4v) is 2.52. The fourth-order valence-electron chi connectivity index (χ4n) is 2.16. The molecule has 0 aliphatic carbocycles. The minimum atomic E-state index is -0.523. The van der Waals surface area contributed by atoms with Crippen molar-refractivity contribution < 1.29 is 13.9 Å². The Labute approximate surface area is 123 Å². The minimum absolute atomic E-state index is 0.330. The number of nitrogens with zero attached hydrogens (tertiary/aromatic N) is 1. The zero-order valence-corrected chi connectivity index (χ0v) is 11.8. The van der Waals surface area contributed by atoms with Crippen molar-refractivity contribution in [3.8, 4) is 0 Å². The molecule has 0 spiro atoms. The second-order valence-corrected chi connectivity index (χ2v) is 5.20. The van der Waals surface area contributed by atoms with Crippen molar-refractivity contribution in [1.29, 1.82) is 0 Å². The normalized spacial score (nSPS) is 21.4. The largest absolute Gasteiger partial charge is 0.439 e. The van der Waals surface area contributed by atoms with Gasteiger partial charge in [-0.2, -0.15) is 0 Å². The SMILES string of the molecule is O=C1N[C@H](c2cccc(Br)n2)[C@@H](c2ccc(F)cc2)O1. The Morgan fingerprint density at radius 1 is 1.20 bits per heavy atom. The van der Waals surface area contributed by atoms with Gasteiger partial charge in [-0.05, 0) is 45.8 Å². The molecule has 0 bridgehead atoms. The second-order valence-electron chi connectivity index (χ2n) is 4.38. The van der Waals surface area contributed by atoms with Gasteiger partial charge in [-0.15, -0.1) is 0 Å². The van der Waals surface area contributed by atoms with Gasteiger partial charge in [-0.3, -0.25) is 0 Å². The summed E-state index contributed by atoms with van der Waals surface area (Å²) in [5.41, 5.74) is 1.40. The summed E-state index contributed by atoms with van der Waals surface area (Å²) in [4.78, 5) is 15.8. The summed E-state index contributed by atoms with van der Waals surface area (Å²) >= 11 is 3.30. The van der Waals surface area contributed by atoms with Gasteiger partial charge in [0.05, 0.1) is 5.69 Å². The maximum Gasteiger partial charge on any atom is 0.408 e. The van der Waals surface area contributed by atoms with Crippen LogP contribution in [-0.2, 0) is 4.74 Å². The van der Waals surface area contributed by atoms with Crippen molar-refractivity contribution in [1.82, 2.24) is 10.3 Å². The van der Waals surface area contributed by atoms with E-state index in [1.54, 1.807) is 24.3 Å². The Bertz CT molecular complexity index is 648. The van der Waals surface area contributed by atoms with E-state index >= 15 is 0 Å². The van der Waals surface area contributed by atoms with Crippen LogP contribution in [-0.4, -0.2) is 11.1 Å². The lowest BCUT2D eigenvalue weighted by Crippen LogP contribution is -2.20. The Hall–Kier alpha value is -1.95. The van der Waals surface area contributed by atoms with Gasteiger partial charge in [-0.1, -0.05) is 18.2 Å². The van der Waals surface area contributed by atoms with Crippen LogP contribution < -0.4 is 5.32 Å². The van der Waals surface area contributed by atoms with Gasteiger partial charge in [0, 0.05) is 0 Å². The Balaban J connectivity index is 1.96. The third-order valence-electron chi connectivity index (χ3n) is 3.06. The maximum absolute atomic E-state index is 13.0. The molecule has 1 saturated heterocycles. The van der Waals surface area contributed by atoms with E-state index in [-0.39, 0.29) is 5.82 Å². The molecule has 6 heteroatoms. The number of cyclic esters (lactones) is 1. The molecule has 20 heavy (non-hydrogen) atoms. The predicted molar refractivity (Wildman–Crippen MR) is 73.4 cm³/mol. The third-order valence-corrected chi connectivity index (χ3v) is 3.51. The number of rotatable bonds is 2. The van der Waals surface area contributed by atoms with E-state index in [1.807, 2.05) is 6.07 Å². The zero-order chi connectivity index (χ0) is 14.1. The molecular formula is C14H10BrFN2O2. The number of hydrogen-bond donors (Lipinski definition) is 1. The Kier molecular flexibility index (Phi) is 3.40. The molecule has 0 unspecified atom stereocenters. The molecule has 4 nitrogen and oxygen atoms in total. The van der Waals surface area contributed by atoms with Crippen LogP contribution in [0.25, 0.3) is 0 Å². The summed E-state index contributed by atoms with van der Waals surface area (Å²) in [6.45, 7) is 0. The van der Waals surface area contributed by atoms with Crippen LogP contribution >= 0.6 is 15.9 Å². The highest BCUT2D eigenvalue weighted by Gasteiger charge is 2.37. The number of carbonyl (C=O) groups excluding carboxylic acids is 1. The first-order chi connectivity index (χ1) is 9.63. The topological polar surface area (TPSA) is 51.2 Å². The molecule has 2 aromatic rings. The van der Waals surface area contributed by atoms with Crippen molar-refractivity contribution in [2.24, 2.45) is 0 Å². The molecule has 1 amide bonds. The summed E-state index contributed by atoms with van der Waals surface area (Å²) in [6, 6.07) is 10.9. The number of benzene rings is 1. The van der Waals surface area contributed by atoms with E-state index in [0.717, 1.165) is 5.56 Å². The lowest BCUT2D eigenvalue weighted by atomic mass is 10.00. The van der Waals surface area contributed by atoms with Crippen LogP contribution in [0.4, 0.5) is 9.18 Å². The standard InChI is InChI=1S/C14H10BrFN2O2/c15-11-3-1-2-10(17-11)12-13(20-14(19)18-12)8-4-6-9(16)7-5-8/h1-7,12-13H,(H,18,19)/t12-,13-/m1/s1. The number of alkyl carbamates (subject to hydrolysis) is 1. The van der Waals surface area contributed by atoms with Crippen molar-refractivity contribution >= 4 is 22.0 Å². The number of pyridine rings is 1. The van der Waals surface area contributed by atoms with Crippen LogP contribution in [0.5, 0.6) is 0 Å². The number of halogens is 2. The molecule has 1 aromatic heterocycles. The average molecular weight is 337 g/mol. The number of amides is 1. The summed E-state index contributed by atoms with van der Waals surface area (Å²) < 4.78 is 18.9. The fraction of sp³-hybridized carbons (Fsp3) is 0.143. The molecule has 0 saturated carbocycles. The highest BCUT2D eigenvalue weighted by molar-refractivity contribution is 9.10. The van der Waals surface area contributed by atoms with Gasteiger partial charge in [0.15, 0.2) is 6.10 Å². The van der Waals surface area contributed by atoms with Crippen LogP contribution in [0.2, 0.25) is 0 Å². The Morgan fingerprint density at radius 2 is 1.95 bits per heavy atom. The van der Waals surface area contributed by atoms with Gasteiger partial charge in [-0.25, -0.2) is 14.2 Å². The lowest BCUT2D eigenvalue weighted by molar-refractivity contribution is 0.132. The second kappa shape index (κ2) is 5.20. The first-order valence-electron chi connectivity index (χ1n) is 5.98. The van der Waals surface area contributed by atoms with E-state index in [2.05, 4.69) is 26.2 Å². The summed E-state index contributed by atoms with van der Waals surface area (Å²) in [5.74, 6) is -0.330. The number of aromatic nitrogens is 1. The predicted octanol–water partition coefficient (Wildman–Crippen LogP) is 3.51. The van der Waals surface area contributed by atoms with Crippen LogP contribution in [0, 0.1) is 5.82 Å². The minimum Gasteiger partial charge on any atom is -0.439 e. The van der Waals surface area contributed by atoms with Gasteiger partial charge in [0.2, 0.25) is 0 Å². The van der Waals surface area contributed by atoms with E-state index in [4.69, 9.17) is 4.74 Å². The van der Waals surface area contributed by atoms with E-state index in [0.29, 0.717) is 10.3 Å². The average Bonchev–Trinajstić information content (AvgIpc) is 2.82. The molecule has 1 aliphatic rings. The van der Waals surface area contributed by atoms with Crippen LogP contribution in [0.15, 0.2) is 47.1 Å². The van der Waals surface area contributed by atoms with E-state index in [1.165, 1.54) is 12.1 Å². The van der Waals surface area contributed by atoms with E-state index in [9.17, 15) is 9.18 Å². The zero-order valence-electron chi connectivity index (χ0n) is 10.2. The number of ether oxygens (including phenoxy) is 1. The molecule has 1 aromatic carbocycles. The number of nitrogens with one attached hydrogen (secondary N) is 1. The van der Waals surface area contributed by atoms with Crippen LogP contribution in [0.3, 0.4) is 0 Å². The number of carbonyl (C=O) groups is 1. The number of hydrogen-bond acceptors (Lipinski definition) is 3. The third kappa shape index (κ3) is 2.51. The highest BCUT2D eigenvalue weighted by atomic mass is 79.9. The molecule has 1 aliphatic heterocycles. The maximum atomic E-state index is 13.0. The summed E-state index contributed by atoms with van der Waals surface area (Å²) in [5, 5.41) is 2.72. The molecule has 1 fully saturated rings. The summed E-state index contributed by atoms with van der Waals surface area (Å²) in [6.07, 6.45) is -1.03. The molecule has 2 atom stereocenters. The molecule has 1 N–H and O–H groups in total. The smallest absolute Gasteiger partial charge is 0.408 e. The molecule has 0 radical (unpaired) electrons. The summed E-state index contributed by atoms with van der Waals surface area (Å²) in [7, 11) is 0. The van der Waals surface area contributed by atoms with Gasteiger partial charge >= 0.3 is 6.09 Å². The van der Waals surface area contributed by atoms with Gasteiger partial charge < -0.3 is 10.1 Å². The van der Waals surface area contributed by atoms with Crippen LogP contribution in [0.1, 0.15) is 23.4 Å². The lowest BCUT2D eigenvalue weighted by Gasteiger charge is -2.16. The van der Waals surface area contributed by atoms with Crippen molar-refractivity contribution in [3.05, 3.63) is 64.1 Å². The first kappa shape index (κ1) is 13.1. The highest BCUT2D eigenvalue weighted by Crippen LogP contribution is 2.36.